The number of anilines is 2. The number of aryl methyl sites for hydroxylation is 2. The van der Waals surface area contributed by atoms with E-state index in [0.717, 1.165) is 39.7 Å². The molecule has 0 bridgehead atoms. The van der Waals surface area contributed by atoms with Crippen LogP contribution in [0.1, 0.15) is 16.7 Å². The summed E-state index contributed by atoms with van der Waals surface area (Å²) in [6, 6.07) is 15.3. The Morgan fingerprint density at radius 3 is 2.21 bits per heavy atom. The van der Waals surface area contributed by atoms with E-state index in [4.69, 9.17) is 4.74 Å². The minimum Gasteiger partial charge on any atom is -0.476 e. The van der Waals surface area contributed by atoms with Gasteiger partial charge in [-0.3, -0.25) is 9.10 Å². The summed E-state index contributed by atoms with van der Waals surface area (Å²) in [5.74, 6) is -0.467. The topological polar surface area (TPSA) is 75.7 Å². The van der Waals surface area contributed by atoms with Gasteiger partial charge in [0.2, 0.25) is 0 Å². The lowest BCUT2D eigenvalue weighted by Gasteiger charge is -2.35. The third-order valence-electron chi connectivity index (χ3n) is 5.37. The monoisotopic (exact) mass is 490 g/mol. The van der Waals surface area contributed by atoms with Gasteiger partial charge in [0.15, 0.2) is 6.10 Å². The van der Waals surface area contributed by atoms with Crippen LogP contribution in [0.3, 0.4) is 0 Å². The van der Waals surface area contributed by atoms with Crippen molar-refractivity contribution < 1.29 is 31.1 Å². The summed E-state index contributed by atoms with van der Waals surface area (Å²) in [4.78, 5) is 13.0. The van der Waals surface area contributed by atoms with E-state index in [1.54, 1.807) is 37.3 Å². The SMILES string of the molecule is Cc1ccc(S(=O)(=O)N2C[C@@H](C(=O)Nc3ccc(C(F)(F)F)cc3)Oc3cc(C)ccc32)cc1. The standard InChI is InChI=1S/C24H21F3N2O4S/c1-15-3-10-19(11-4-15)34(31,32)29-14-22(33-21-13-16(2)5-12-20(21)29)23(30)28-18-8-6-17(7-9-18)24(25,26)27/h3-13,22H,14H2,1-2H3,(H,28,30)/t22-/m0/s1. The maximum Gasteiger partial charge on any atom is 0.416 e. The van der Waals surface area contributed by atoms with E-state index in [2.05, 4.69) is 5.32 Å². The largest absolute Gasteiger partial charge is 0.476 e. The van der Waals surface area contributed by atoms with Crippen LogP contribution in [0.2, 0.25) is 0 Å². The Balaban J connectivity index is 1.63. The molecule has 6 nitrogen and oxygen atoms in total. The molecule has 0 radical (unpaired) electrons. The molecule has 1 aliphatic rings. The van der Waals surface area contributed by atoms with E-state index in [9.17, 15) is 26.4 Å². The van der Waals surface area contributed by atoms with Crippen molar-refractivity contribution in [2.45, 2.75) is 31.0 Å². The van der Waals surface area contributed by atoms with Crippen molar-refractivity contribution in [1.82, 2.24) is 0 Å². The fourth-order valence-electron chi connectivity index (χ4n) is 3.53. The molecule has 0 aromatic heterocycles. The summed E-state index contributed by atoms with van der Waals surface area (Å²) in [6.45, 7) is 3.33. The first-order valence-corrected chi connectivity index (χ1v) is 11.7. The number of hydrogen-bond acceptors (Lipinski definition) is 4. The van der Waals surface area contributed by atoms with Crippen molar-refractivity contribution in [1.29, 1.82) is 0 Å². The smallest absolute Gasteiger partial charge is 0.416 e. The summed E-state index contributed by atoms with van der Waals surface area (Å²) in [5, 5.41) is 2.50. The quantitative estimate of drug-likeness (QED) is 0.564. The van der Waals surface area contributed by atoms with Crippen LogP contribution in [0.15, 0.2) is 71.6 Å². The molecule has 0 saturated heterocycles. The zero-order chi connectivity index (χ0) is 24.7. The molecule has 1 aliphatic heterocycles. The minimum absolute atomic E-state index is 0.0634. The number of ether oxygens (including phenoxy) is 1. The van der Waals surface area contributed by atoms with Crippen LogP contribution in [0.25, 0.3) is 0 Å². The molecule has 0 saturated carbocycles. The zero-order valence-electron chi connectivity index (χ0n) is 18.3. The van der Waals surface area contributed by atoms with Gasteiger partial charge in [-0.05, 0) is 67.9 Å². The first kappa shape index (κ1) is 23.6. The van der Waals surface area contributed by atoms with Crippen LogP contribution in [-0.4, -0.2) is 27.0 Å². The number of alkyl halides is 3. The average molecular weight is 491 g/mol. The Kier molecular flexibility index (Phi) is 6.03. The number of carbonyl (C=O) groups is 1. The highest BCUT2D eigenvalue weighted by atomic mass is 32.2. The summed E-state index contributed by atoms with van der Waals surface area (Å²) >= 11 is 0. The minimum atomic E-state index is -4.50. The molecule has 4 rings (SSSR count). The van der Waals surface area contributed by atoms with E-state index < -0.39 is 33.8 Å². The fourth-order valence-corrected chi connectivity index (χ4v) is 5.00. The molecule has 178 valence electrons. The third-order valence-corrected chi connectivity index (χ3v) is 7.16. The lowest BCUT2D eigenvalue weighted by Crippen LogP contribution is -2.48. The van der Waals surface area contributed by atoms with E-state index in [1.807, 2.05) is 6.92 Å². The number of fused-ring (bicyclic) bond motifs is 1. The van der Waals surface area contributed by atoms with Gasteiger partial charge in [-0.25, -0.2) is 8.42 Å². The van der Waals surface area contributed by atoms with E-state index >= 15 is 0 Å². The van der Waals surface area contributed by atoms with Crippen molar-refractivity contribution in [2.75, 3.05) is 16.2 Å². The van der Waals surface area contributed by atoms with Gasteiger partial charge in [0.25, 0.3) is 15.9 Å². The number of nitrogens with one attached hydrogen (secondary N) is 1. The van der Waals surface area contributed by atoms with E-state index in [1.165, 1.54) is 12.1 Å². The number of sulfonamides is 1. The van der Waals surface area contributed by atoms with Gasteiger partial charge in [-0.1, -0.05) is 23.8 Å². The second-order valence-corrected chi connectivity index (χ2v) is 9.85. The van der Waals surface area contributed by atoms with Crippen molar-refractivity contribution in [2.24, 2.45) is 0 Å². The molecule has 0 spiro atoms. The van der Waals surface area contributed by atoms with Crippen LogP contribution < -0.4 is 14.4 Å². The molecule has 1 N–H and O–H groups in total. The van der Waals surface area contributed by atoms with Crippen molar-refractivity contribution in [3.05, 3.63) is 83.4 Å². The summed E-state index contributed by atoms with van der Waals surface area (Å²) in [5.41, 5.74) is 1.27. The summed E-state index contributed by atoms with van der Waals surface area (Å²) in [6.07, 6.45) is -5.72. The fraction of sp³-hybridized carbons (Fsp3) is 0.208. The van der Waals surface area contributed by atoms with Crippen LogP contribution in [0.4, 0.5) is 24.5 Å². The van der Waals surface area contributed by atoms with E-state index in [0.29, 0.717) is 5.69 Å². The first-order valence-electron chi connectivity index (χ1n) is 10.3. The second kappa shape index (κ2) is 8.68. The lowest BCUT2D eigenvalue weighted by atomic mass is 10.1. The molecule has 1 amide bonds. The number of halogens is 3. The molecular weight excluding hydrogens is 469 g/mol. The molecule has 34 heavy (non-hydrogen) atoms. The van der Waals surface area contributed by atoms with Gasteiger partial charge >= 0.3 is 6.18 Å². The van der Waals surface area contributed by atoms with Crippen molar-refractivity contribution >= 4 is 27.3 Å². The Hall–Kier alpha value is -3.53. The third kappa shape index (κ3) is 4.72. The highest BCUT2D eigenvalue weighted by Gasteiger charge is 2.38. The molecule has 10 heteroatoms. The van der Waals surface area contributed by atoms with Crippen LogP contribution in [0.5, 0.6) is 5.75 Å². The number of hydrogen-bond donors (Lipinski definition) is 1. The predicted molar refractivity (Wildman–Crippen MR) is 121 cm³/mol. The van der Waals surface area contributed by atoms with E-state index in [-0.39, 0.29) is 22.9 Å². The highest BCUT2D eigenvalue weighted by molar-refractivity contribution is 7.92. The van der Waals surface area contributed by atoms with Crippen molar-refractivity contribution in [3.8, 4) is 5.75 Å². The predicted octanol–water partition coefficient (Wildman–Crippen LogP) is 4.92. The summed E-state index contributed by atoms with van der Waals surface area (Å²) in [7, 11) is -4.02. The molecule has 3 aromatic carbocycles. The van der Waals surface area contributed by atoms with Gasteiger partial charge in [0.1, 0.15) is 5.75 Å². The lowest BCUT2D eigenvalue weighted by molar-refractivity contribution is -0.137. The van der Waals surface area contributed by atoms with Crippen LogP contribution in [0, 0.1) is 13.8 Å². The number of rotatable bonds is 4. The van der Waals surface area contributed by atoms with Crippen molar-refractivity contribution in [3.63, 3.8) is 0 Å². The Labute approximate surface area is 195 Å². The van der Waals surface area contributed by atoms with Gasteiger partial charge in [0.05, 0.1) is 22.7 Å². The molecule has 0 fully saturated rings. The number of nitrogens with zero attached hydrogens (tertiary/aromatic N) is 1. The highest BCUT2D eigenvalue weighted by Crippen LogP contribution is 2.38. The number of benzene rings is 3. The number of amides is 1. The van der Waals surface area contributed by atoms with Gasteiger partial charge in [-0.15, -0.1) is 0 Å². The summed E-state index contributed by atoms with van der Waals surface area (Å²) < 4.78 is 72.2. The Bertz CT molecular complexity index is 1320. The van der Waals surface area contributed by atoms with Crippen LogP contribution in [-0.2, 0) is 21.0 Å². The molecule has 1 atom stereocenters. The van der Waals surface area contributed by atoms with Gasteiger partial charge in [-0.2, -0.15) is 13.2 Å². The average Bonchev–Trinajstić information content (AvgIpc) is 2.78. The first-order chi connectivity index (χ1) is 15.9. The van der Waals surface area contributed by atoms with Gasteiger partial charge < -0.3 is 10.1 Å². The molecule has 1 heterocycles. The molecule has 0 aliphatic carbocycles. The Morgan fingerprint density at radius 2 is 1.59 bits per heavy atom. The number of carbonyl (C=O) groups excluding carboxylic acids is 1. The normalized spacial score (nSPS) is 15.9. The Morgan fingerprint density at radius 1 is 0.971 bits per heavy atom. The second-order valence-electron chi connectivity index (χ2n) is 7.99. The zero-order valence-corrected chi connectivity index (χ0v) is 19.1. The molecule has 0 unspecified atom stereocenters. The molecule has 3 aromatic rings. The molecular formula is C24H21F3N2O4S. The maximum absolute atomic E-state index is 13.4. The van der Waals surface area contributed by atoms with Gasteiger partial charge in [0, 0.05) is 5.69 Å². The van der Waals surface area contributed by atoms with Crippen LogP contribution >= 0.6 is 0 Å². The maximum atomic E-state index is 13.4.